The number of hydrogen-bond donors (Lipinski definition) is 0. The van der Waals surface area contributed by atoms with Gasteiger partial charge < -0.3 is 9.30 Å². The van der Waals surface area contributed by atoms with E-state index in [-0.39, 0.29) is 5.69 Å². The Morgan fingerprint density at radius 3 is 3.14 bits per heavy atom. The summed E-state index contributed by atoms with van der Waals surface area (Å²) < 4.78 is 6.72. The summed E-state index contributed by atoms with van der Waals surface area (Å²) in [6, 6.07) is 0. The Morgan fingerprint density at radius 1 is 1.71 bits per heavy atom. The van der Waals surface area contributed by atoms with Crippen molar-refractivity contribution in [2.24, 2.45) is 0 Å². The maximum absolute atomic E-state index is 11.4. The molecule has 0 fully saturated rings. The Hall–Kier alpha value is -1.03. The van der Waals surface area contributed by atoms with Crippen LogP contribution in [0.3, 0.4) is 0 Å². The van der Waals surface area contributed by atoms with E-state index in [4.69, 9.17) is 16.3 Å². The summed E-state index contributed by atoms with van der Waals surface area (Å²) in [7, 11) is 0. The lowest BCUT2D eigenvalue weighted by Gasteiger charge is -1.99. The first kappa shape index (κ1) is 9.52. The highest BCUT2D eigenvalue weighted by molar-refractivity contribution is 6.32. The molecular weight excluding hydrogens is 204 g/mol. The van der Waals surface area contributed by atoms with E-state index in [2.05, 4.69) is 4.98 Å². The van der Waals surface area contributed by atoms with Crippen LogP contribution in [0.15, 0.2) is 0 Å². The maximum Gasteiger partial charge on any atom is 0.360 e. The normalized spacial score (nSPS) is 14.1. The van der Waals surface area contributed by atoms with Crippen molar-refractivity contribution in [3.8, 4) is 0 Å². The van der Waals surface area contributed by atoms with Gasteiger partial charge in [0.15, 0.2) is 5.69 Å². The van der Waals surface area contributed by atoms with E-state index in [1.807, 2.05) is 4.57 Å². The Morgan fingerprint density at radius 2 is 2.50 bits per heavy atom. The van der Waals surface area contributed by atoms with Gasteiger partial charge in [0.1, 0.15) is 11.0 Å². The molecule has 0 spiro atoms. The third-order valence-corrected chi connectivity index (χ3v) is 2.62. The monoisotopic (exact) mass is 214 g/mol. The molecule has 2 rings (SSSR count). The first-order valence-corrected chi connectivity index (χ1v) is 5.04. The van der Waals surface area contributed by atoms with Gasteiger partial charge in [-0.1, -0.05) is 11.6 Å². The van der Waals surface area contributed by atoms with Gasteiger partial charge in [-0.25, -0.2) is 9.78 Å². The van der Waals surface area contributed by atoms with Crippen molar-refractivity contribution in [3.05, 3.63) is 16.7 Å². The van der Waals surface area contributed by atoms with Crippen LogP contribution in [-0.4, -0.2) is 22.1 Å². The fraction of sp³-hybridized carbons (Fsp3) is 0.556. The third-order valence-electron chi connectivity index (χ3n) is 2.24. The number of aromatic nitrogens is 2. The van der Waals surface area contributed by atoms with E-state index < -0.39 is 5.97 Å². The van der Waals surface area contributed by atoms with Crippen LogP contribution in [-0.2, 0) is 17.7 Å². The Kier molecular flexibility index (Phi) is 2.46. The number of fused-ring (bicyclic) bond motifs is 1. The third kappa shape index (κ3) is 1.39. The fourth-order valence-corrected chi connectivity index (χ4v) is 1.92. The van der Waals surface area contributed by atoms with Gasteiger partial charge in [-0.3, -0.25) is 0 Å². The lowest BCUT2D eigenvalue weighted by Crippen LogP contribution is -2.06. The van der Waals surface area contributed by atoms with Crippen LogP contribution in [0.5, 0.6) is 0 Å². The average molecular weight is 215 g/mol. The Bertz CT molecular complexity index is 373. The minimum absolute atomic E-state index is 0.253. The molecule has 0 amide bonds. The van der Waals surface area contributed by atoms with Crippen molar-refractivity contribution in [3.63, 3.8) is 0 Å². The molecular formula is C9H11ClN2O2. The second kappa shape index (κ2) is 3.61. The fourth-order valence-electron chi connectivity index (χ4n) is 1.62. The lowest BCUT2D eigenvalue weighted by molar-refractivity contribution is 0.0520. The molecule has 1 aromatic rings. The highest BCUT2D eigenvalue weighted by Gasteiger charge is 2.24. The van der Waals surface area contributed by atoms with Gasteiger partial charge in [0.25, 0.3) is 0 Å². The molecule has 0 saturated heterocycles. The van der Waals surface area contributed by atoms with Crippen LogP contribution in [0.25, 0.3) is 0 Å². The number of imidazole rings is 1. The second-order valence-electron chi connectivity index (χ2n) is 3.14. The standard InChI is InChI=1S/C9H11ClN2O2/c1-2-14-9(13)7-8(10)12-5-3-4-6(12)11-7/h2-5H2,1H3. The quantitative estimate of drug-likeness (QED) is 0.704. The molecule has 0 radical (unpaired) electrons. The second-order valence-corrected chi connectivity index (χ2v) is 3.50. The first-order chi connectivity index (χ1) is 6.74. The minimum atomic E-state index is -0.431. The molecule has 0 atom stereocenters. The summed E-state index contributed by atoms with van der Waals surface area (Å²) in [5, 5.41) is 0.413. The summed E-state index contributed by atoms with van der Waals surface area (Å²) in [4.78, 5) is 15.6. The molecule has 0 saturated carbocycles. The summed E-state index contributed by atoms with van der Waals surface area (Å²) in [6.45, 7) is 2.95. The zero-order valence-corrected chi connectivity index (χ0v) is 8.67. The zero-order chi connectivity index (χ0) is 10.1. The largest absolute Gasteiger partial charge is 0.461 e. The van der Waals surface area contributed by atoms with Crippen molar-refractivity contribution < 1.29 is 9.53 Å². The van der Waals surface area contributed by atoms with E-state index in [1.165, 1.54) is 0 Å². The highest BCUT2D eigenvalue weighted by Crippen LogP contribution is 2.24. The lowest BCUT2D eigenvalue weighted by atomic mass is 10.3. The van der Waals surface area contributed by atoms with Crippen molar-refractivity contribution in [1.29, 1.82) is 0 Å². The molecule has 0 unspecified atom stereocenters. The SMILES string of the molecule is CCOC(=O)c1nc2n(c1Cl)CCC2. The number of aryl methyl sites for hydroxylation is 1. The van der Waals surface area contributed by atoms with E-state index in [9.17, 15) is 4.79 Å². The Labute approximate surface area is 86.8 Å². The van der Waals surface area contributed by atoms with Gasteiger partial charge >= 0.3 is 5.97 Å². The van der Waals surface area contributed by atoms with E-state index >= 15 is 0 Å². The molecule has 0 aromatic carbocycles. The van der Waals surface area contributed by atoms with Crippen LogP contribution in [0, 0.1) is 0 Å². The molecule has 0 bridgehead atoms. The summed E-state index contributed by atoms with van der Waals surface area (Å²) in [6.07, 6.45) is 1.93. The molecule has 5 heteroatoms. The van der Waals surface area contributed by atoms with Gasteiger partial charge in [0, 0.05) is 13.0 Å². The molecule has 1 aliphatic rings. The topological polar surface area (TPSA) is 44.1 Å². The van der Waals surface area contributed by atoms with Gasteiger partial charge in [0.2, 0.25) is 0 Å². The van der Waals surface area contributed by atoms with E-state index in [0.717, 1.165) is 25.2 Å². The molecule has 0 aliphatic carbocycles. The van der Waals surface area contributed by atoms with Crippen molar-refractivity contribution in [2.45, 2.75) is 26.3 Å². The number of ether oxygens (including phenoxy) is 1. The van der Waals surface area contributed by atoms with Gasteiger partial charge in [0.05, 0.1) is 6.61 Å². The minimum Gasteiger partial charge on any atom is -0.461 e. The maximum atomic E-state index is 11.4. The number of carbonyl (C=O) groups is 1. The first-order valence-electron chi connectivity index (χ1n) is 4.66. The number of rotatable bonds is 2. The van der Waals surface area contributed by atoms with Crippen LogP contribution in [0.1, 0.15) is 29.7 Å². The number of nitrogens with zero attached hydrogens (tertiary/aromatic N) is 2. The van der Waals surface area contributed by atoms with Crippen molar-refractivity contribution >= 4 is 17.6 Å². The molecule has 1 aromatic heterocycles. The molecule has 2 heterocycles. The van der Waals surface area contributed by atoms with Gasteiger partial charge in [-0.2, -0.15) is 0 Å². The molecule has 4 nitrogen and oxygen atoms in total. The van der Waals surface area contributed by atoms with Gasteiger partial charge in [-0.05, 0) is 13.3 Å². The number of halogens is 1. The summed E-state index contributed by atoms with van der Waals surface area (Å²) in [5.74, 6) is 0.456. The van der Waals surface area contributed by atoms with Crippen LogP contribution in [0.4, 0.5) is 0 Å². The summed E-state index contributed by atoms with van der Waals surface area (Å²) in [5.41, 5.74) is 0.253. The zero-order valence-electron chi connectivity index (χ0n) is 7.92. The predicted octanol–water partition coefficient (Wildman–Crippen LogP) is 1.66. The number of esters is 1. The molecule has 14 heavy (non-hydrogen) atoms. The van der Waals surface area contributed by atoms with Crippen LogP contribution < -0.4 is 0 Å². The van der Waals surface area contributed by atoms with E-state index in [0.29, 0.717) is 11.8 Å². The number of carbonyl (C=O) groups excluding carboxylic acids is 1. The number of hydrogen-bond acceptors (Lipinski definition) is 3. The molecule has 0 N–H and O–H groups in total. The van der Waals surface area contributed by atoms with Crippen molar-refractivity contribution in [2.75, 3.05) is 6.61 Å². The molecule has 76 valence electrons. The highest BCUT2D eigenvalue weighted by atomic mass is 35.5. The van der Waals surface area contributed by atoms with Gasteiger partial charge in [-0.15, -0.1) is 0 Å². The molecule has 1 aliphatic heterocycles. The predicted molar refractivity (Wildman–Crippen MR) is 51.5 cm³/mol. The van der Waals surface area contributed by atoms with Crippen LogP contribution >= 0.6 is 11.6 Å². The average Bonchev–Trinajstić information content (AvgIpc) is 2.69. The van der Waals surface area contributed by atoms with Crippen LogP contribution in [0.2, 0.25) is 5.15 Å². The smallest absolute Gasteiger partial charge is 0.360 e. The van der Waals surface area contributed by atoms with Crippen molar-refractivity contribution in [1.82, 2.24) is 9.55 Å². The summed E-state index contributed by atoms with van der Waals surface area (Å²) >= 11 is 6.00. The Balaban J connectivity index is 2.32. The van der Waals surface area contributed by atoms with E-state index in [1.54, 1.807) is 6.92 Å².